The molecule has 0 heterocycles. The third-order valence-electron chi connectivity index (χ3n) is 2.97. The smallest absolute Gasteiger partial charge is 0.236 e. The number of rotatable bonds is 3. The number of benzene rings is 1. The number of aryl methyl sites for hydroxylation is 1. The molecule has 2 rings (SSSR count). The van der Waals surface area contributed by atoms with Crippen molar-refractivity contribution < 1.29 is 23.8 Å². The lowest BCUT2D eigenvalue weighted by Gasteiger charge is -2.21. The van der Waals surface area contributed by atoms with Crippen LogP contribution in [0.3, 0.4) is 0 Å². The molecule has 100 valence electrons. The second kappa shape index (κ2) is 4.76. The van der Waals surface area contributed by atoms with Crippen LogP contribution in [0.1, 0.15) is 26.3 Å². The lowest BCUT2D eigenvalue weighted by Crippen LogP contribution is -2.25. The van der Waals surface area contributed by atoms with Crippen LogP contribution in [0, 0.1) is 6.92 Å². The van der Waals surface area contributed by atoms with Crippen molar-refractivity contribution in [1.29, 1.82) is 0 Å². The maximum absolute atomic E-state index is 12.4. The van der Waals surface area contributed by atoms with Gasteiger partial charge in [0, 0.05) is 5.56 Å². The van der Waals surface area contributed by atoms with E-state index in [1.165, 1.54) is 21.3 Å². The maximum atomic E-state index is 12.4. The van der Waals surface area contributed by atoms with Crippen LogP contribution in [0.15, 0.2) is 23.7 Å². The molecule has 1 aliphatic carbocycles. The highest BCUT2D eigenvalue weighted by Crippen LogP contribution is 2.34. The molecule has 0 radical (unpaired) electrons. The standard InChI is InChI=1S/C14H14O5/c1-7-5-8-10(9(6-7)17-2)12(16)14(19-4)13(18-3)11(8)15/h5-6H,1-4H3. The average molecular weight is 262 g/mol. The highest BCUT2D eigenvalue weighted by Gasteiger charge is 2.36. The van der Waals surface area contributed by atoms with Gasteiger partial charge in [-0.1, -0.05) is 0 Å². The van der Waals surface area contributed by atoms with Gasteiger partial charge in [-0.05, 0) is 24.6 Å². The van der Waals surface area contributed by atoms with Crippen molar-refractivity contribution >= 4 is 11.6 Å². The third kappa shape index (κ3) is 1.87. The largest absolute Gasteiger partial charge is 0.496 e. The minimum absolute atomic E-state index is 0.0762. The Balaban J connectivity index is 2.76. The van der Waals surface area contributed by atoms with Crippen molar-refractivity contribution in [2.45, 2.75) is 6.92 Å². The zero-order chi connectivity index (χ0) is 14.2. The van der Waals surface area contributed by atoms with E-state index >= 15 is 0 Å². The summed E-state index contributed by atoms with van der Waals surface area (Å²) < 4.78 is 15.2. The number of carbonyl (C=O) groups is 2. The molecule has 1 aliphatic rings. The van der Waals surface area contributed by atoms with Crippen molar-refractivity contribution in [2.24, 2.45) is 0 Å². The van der Waals surface area contributed by atoms with Crippen molar-refractivity contribution in [3.8, 4) is 5.75 Å². The maximum Gasteiger partial charge on any atom is 0.236 e. The number of carbonyl (C=O) groups excluding carboxylic acids is 2. The Bertz CT molecular complexity index is 598. The van der Waals surface area contributed by atoms with Gasteiger partial charge in [0.2, 0.25) is 23.1 Å². The van der Waals surface area contributed by atoms with Crippen LogP contribution < -0.4 is 4.74 Å². The summed E-state index contributed by atoms with van der Waals surface area (Å²) in [5.41, 5.74) is 1.32. The van der Waals surface area contributed by atoms with Crippen LogP contribution in [0.2, 0.25) is 0 Å². The van der Waals surface area contributed by atoms with Gasteiger partial charge < -0.3 is 14.2 Å². The van der Waals surface area contributed by atoms with E-state index in [9.17, 15) is 9.59 Å². The Kier molecular flexibility index (Phi) is 3.29. The summed E-state index contributed by atoms with van der Waals surface area (Å²) in [6.45, 7) is 1.82. The highest BCUT2D eigenvalue weighted by atomic mass is 16.5. The van der Waals surface area contributed by atoms with E-state index in [1.54, 1.807) is 12.1 Å². The fourth-order valence-corrected chi connectivity index (χ4v) is 2.14. The number of fused-ring (bicyclic) bond motifs is 1. The molecule has 0 unspecified atom stereocenters. The predicted octanol–water partition coefficient (Wildman–Crippen LogP) is 1.89. The van der Waals surface area contributed by atoms with Gasteiger partial charge in [0.25, 0.3) is 0 Å². The van der Waals surface area contributed by atoms with Crippen LogP contribution in [0.5, 0.6) is 5.75 Å². The fourth-order valence-electron chi connectivity index (χ4n) is 2.14. The van der Waals surface area contributed by atoms with Gasteiger partial charge in [-0.25, -0.2) is 0 Å². The molecule has 0 spiro atoms. The predicted molar refractivity (Wildman–Crippen MR) is 67.4 cm³/mol. The van der Waals surface area contributed by atoms with Gasteiger partial charge in [-0.15, -0.1) is 0 Å². The molecule has 0 saturated carbocycles. The number of ether oxygens (including phenoxy) is 3. The normalized spacial score (nSPS) is 14.3. The molecule has 5 nitrogen and oxygen atoms in total. The number of ketones is 2. The van der Waals surface area contributed by atoms with Gasteiger partial charge >= 0.3 is 0 Å². The minimum atomic E-state index is -0.411. The van der Waals surface area contributed by atoms with Crippen LogP contribution in [0.4, 0.5) is 0 Å². The molecule has 0 aromatic heterocycles. The lowest BCUT2D eigenvalue weighted by atomic mass is 9.90. The van der Waals surface area contributed by atoms with E-state index in [4.69, 9.17) is 14.2 Å². The molecule has 0 amide bonds. The van der Waals surface area contributed by atoms with Gasteiger partial charge in [0.1, 0.15) is 5.75 Å². The SMILES string of the molecule is COC1=C(OC)C(=O)c2c(OC)cc(C)cc2C1=O. The highest BCUT2D eigenvalue weighted by molar-refractivity contribution is 6.26. The van der Waals surface area contributed by atoms with Gasteiger partial charge in [0.15, 0.2) is 0 Å². The zero-order valence-electron chi connectivity index (χ0n) is 11.2. The van der Waals surface area contributed by atoms with Gasteiger partial charge in [-0.3, -0.25) is 9.59 Å². The molecule has 0 bridgehead atoms. The first-order chi connectivity index (χ1) is 9.04. The molecule has 0 aliphatic heterocycles. The molecule has 19 heavy (non-hydrogen) atoms. The Morgan fingerprint density at radius 3 is 1.95 bits per heavy atom. The van der Waals surface area contributed by atoms with Gasteiger partial charge in [-0.2, -0.15) is 0 Å². The molecule has 1 aromatic rings. The molecule has 0 saturated heterocycles. The first-order valence-corrected chi connectivity index (χ1v) is 5.65. The summed E-state index contributed by atoms with van der Waals surface area (Å²) in [6, 6.07) is 3.35. The van der Waals surface area contributed by atoms with Crippen molar-refractivity contribution in [2.75, 3.05) is 21.3 Å². The van der Waals surface area contributed by atoms with Crippen LogP contribution in [0.25, 0.3) is 0 Å². The quantitative estimate of drug-likeness (QED) is 0.832. The number of allylic oxidation sites excluding steroid dienone is 2. The average Bonchev–Trinajstić information content (AvgIpc) is 2.41. The first kappa shape index (κ1) is 13.1. The number of Topliss-reactive ketones (excluding diaryl/α,β-unsaturated/α-hetero) is 2. The summed E-state index contributed by atoms with van der Waals surface area (Å²) in [6.07, 6.45) is 0. The van der Waals surface area contributed by atoms with E-state index in [2.05, 4.69) is 0 Å². The van der Waals surface area contributed by atoms with Crippen LogP contribution >= 0.6 is 0 Å². The Labute approximate surface area is 110 Å². The Morgan fingerprint density at radius 2 is 1.42 bits per heavy atom. The molecular weight excluding hydrogens is 248 g/mol. The number of hydrogen-bond donors (Lipinski definition) is 0. The van der Waals surface area contributed by atoms with Crippen LogP contribution in [-0.4, -0.2) is 32.9 Å². The monoisotopic (exact) mass is 262 g/mol. The van der Waals surface area contributed by atoms with Crippen LogP contribution in [-0.2, 0) is 9.47 Å². The zero-order valence-corrected chi connectivity index (χ0v) is 11.2. The van der Waals surface area contributed by atoms with Gasteiger partial charge in [0.05, 0.1) is 26.9 Å². The molecule has 0 fully saturated rings. The van der Waals surface area contributed by atoms with E-state index in [-0.39, 0.29) is 28.4 Å². The van der Waals surface area contributed by atoms with Crippen molar-refractivity contribution in [3.63, 3.8) is 0 Å². The second-order valence-electron chi connectivity index (χ2n) is 4.11. The van der Waals surface area contributed by atoms with E-state index in [0.717, 1.165) is 5.56 Å². The summed E-state index contributed by atoms with van der Waals surface area (Å²) in [4.78, 5) is 24.7. The van der Waals surface area contributed by atoms with E-state index in [0.29, 0.717) is 5.75 Å². The Hall–Kier alpha value is -2.30. The topological polar surface area (TPSA) is 61.8 Å². The first-order valence-electron chi connectivity index (χ1n) is 5.65. The molecule has 5 heteroatoms. The third-order valence-corrected chi connectivity index (χ3v) is 2.97. The Morgan fingerprint density at radius 1 is 0.842 bits per heavy atom. The second-order valence-corrected chi connectivity index (χ2v) is 4.11. The number of hydrogen-bond acceptors (Lipinski definition) is 5. The van der Waals surface area contributed by atoms with E-state index < -0.39 is 5.78 Å². The summed E-state index contributed by atoms with van der Waals surface area (Å²) in [5.74, 6) is -0.602. The van der Waals surface area contributed by atoms with Crippen molar-refractivity contribution in [3.05, 3.63) is 40.3 Å². The summed E-state index contributed by atoms with van der Waals surface area (Å²) in [5, 5.41) is 0. The van der Waals surface area contributed by atoms with E-state index in [1.807, 2.05) is 6.92 Å². The van der Waals surface area contributed by atoms with Crippen molar-refractivity contribution in [1.82, 2.24) is 0 Å². The molecular formula is C14H14O5. The molecule has 1 aromatic carbocycles. The summed E-state index contributed by atoms with van der Waals surface area (Å²) >= 11 is 0. The number of methoxy groups -OCH3 is 3. The molecule has 0 atom stereocenters. The minimum Gasteiger partial charge on any atom is -0.496 e. The summed E-state index contributed by atoms with van der Waals surface area (Å²) in [7, 11) is 4.11. The lowest BCUT2D eigenvalue weighted by molar-refractivity contribution is 0.0826. The fraction of sp³-hybridized carbons (Fsp3) is 0.286. The molecule has 0 N–H and O–H groups in total.